The van der Waals surface area contributed by atoms with Crippen LogP contribution >= 0.6 is 11.8 Å². The minimum atomic E-state index is -0.338. The molecule has 0 radical (unpaired) electrons. The number of carbonyl (C=O) groups excluding carboxylic acids is 1. The van der Waals surface area contributed by atoms with E-state index in [4.69, 9.17) is 4.74 Å². The molecule has 0 aliphatic heterocycles. The van der Waals surface area contributed by atoms with E-state index >= 15 is 0 Å². The van der Waals surface area contributed by atoms with Crippen molar-refractivity contribution in [3.63, 3.8) is 0 Å². The predicted molar refractivity (Wildman–Crippen MR) is 70.9 cm³/mol. The summed E-state index contributed by atoms with van der Waals surface area (Å²) in [4.78, 5) is 30.2. The van der Waals surface area contributed by atoms with Gasteiger partial charge in [0.25, 0.3) is 5.56 Å². The molecule has 6 heteroatoms. The largest absolute Gasteiger partial charge is 0.465 e. The molecule has 1 aromatic rings. The molecule has 1 aromatic heterocycles. The van der Waals surface area contributed by atoms with E-state index in [1.165, 1.54) is 11.8 Å². The fraction of sp³-hybridized carbons (Fsp3) is 0.583. The van der Waals surface area contributed by atoms with Crippen LogP contribution in [0.3, 0.4) is 0 Å². The quantitative estimate of drug-likeness (QED) is 0.502. The minimum Gasteiger partial charge on any atom is -0.465 e. The number of rotatable bonds is 5. The van der Waals surface area contributed by atoms with Crippen molar-refractivity contribution in [1.82, 2.24) is 9.97 Å². The van der Waals surface area contributed by atoms with Crippen molar-refractivity contribution < 1.29 is 9.53 Å². The first kappa shape index (κ1) is 14.8. The fourth-order valence-electron chi connectivity index (χ4n) is 1.34. The monoisotopic (exact) mass is 270 g/mol. The van der Waals surface area contributed by atoms with E-state index in [1.807, 2.05) is 6.92 Å². The van der Waals surface area contributed by atoms with Crippen LogP contribution in [-0.4, -0.2) is 27.8 Å². The molecule has 1 heterocycles. The van der Waals surface area contributed by atoms with Gasteiger partial charge in [-0.2, -0.15) is 0 Å². The van der Waals surface area contributed by atoms with Crippen LogP contribution in [0, 0.1) is 13.8 Å². The third-order valence-electron chi connectivity index (χ3n) is 2.55. The summed E-state index contributed by atoms with van der Waals surface area (Å²) >= 11 is 1.23. The highest BCUT2D eigenvalue weighted by Crippen LogP contribution is 2.22. The number of hydrogen-bond donors (Lipinski definition) is 1. The Kier molecular flexibility index (Phi) is 5.40. The number of aromatic nitrogens is 2. The Morgan fingerprint density at radius 2 is 2.11 bits per heavy atom. The lowest BCUT2D eigenvalue weighted by molar-refractivity contribution is -0.142. The molecule has 0 amide bonds. The predicted octanol–water partition coefficient (Wildman–Crippen LogP) is 1.82. The van der Waals surface area contributed by atoms with Crippen LogP contribution in [0.5, 0.6) is 0 Å². The SMILES string of the molecule is CCOC(=O)C(CC)Sc1nc(C)c(C)c(=O)[nH]1. The van der Waals surface area contributed by atoms with Gasteiger partial charge in [0.2, 0.25) is 0 Å². The highest BCUT2D eigenvalue weighted by molar-refractivity contribution is 8.00. The number of hydrogen-bond acceptors (Lipinski definition) is 5. The van der Waals surface area contributed by atoms with E-state index < -0.39 is 0 Å². The van der Waals surface area contributed by atoms with Crippen LogP contribution < -0.4 is 5.56 Å². The maximum absolute atomic E-state index is 11.7. The molecule has 0 fully saturated rings. The van der Waals surface area contributed by atoms with Crippen molar-refractivity contribution in [3.05, 3.63) is 21.6 Å². The Bertz CT molecular complexity index is 485. The zero-order valence-electron chi connectivity index (χ0n) is 11.1. The molecule has 0 spiro atoms. The molecule has 1 rings (SSSR count). The highest BCUT2D eigenvalue weighted by atomic mass is 32.2. The van der Waals surface area contributed by atoms with E-state index in [1.54, 1.807) is 20.8 Å². The third-order valence-corrected chi connectivity index (χ3v) is 3.77. The number of H-pyrrole nitrogens is 1. The van der Waals surface area contributed by atoms with Crippen molar-refractivity contribution in [1.29, 1.82) is 0 Å². The Balaban J connectivity index is 2.89. The van der Waals surface area contributed by atoms with Crippen LogP contribution in [-0.2, 0) is 9.53 Å². The molecule has 0 saturated heterocycles. The lowest BCUT2D eigenvalue weighted by Gasteiger charge is -2.12. The molecule has 1 atom stereocenters. The van der Waals surface area contributed by atoms with Gasteiger partial charge in [-0.05, 0) is 27.2 Å². The first-order chi connectivity index (χ1) is 8.49. The normalized spacial score (nSPS) is 12.2. The average molecular weight is 270 g/mol. The van der Waals surface area contributed by atoms with Gasteiger partial charge in [0.1, 0.15) is 5.25 Å². The first-order valence-electron chi connectivity index (χ1n) is 5.90. The van der Waals surface area contributed by atoms with Crippen molar-refractivity contribution in [3.8, 4) is 0 Å². The van der Waals surface area contributed by atoms with Crippen LogP contribution in [0.15, 0.2) is 9.95 Å². The lowest BCUT2D eigenvalue weighted by atomic mass is 10.3. The number of thioether (sulfide) groups is 1. The van der Waals surface area contributed by atoms with Gasteiger partial charge in [0, 0.05) is 11.3 Å². The Hall–Kier alpha value is -1.30. The van der Waals surface area contributed by atoms with Crippen molar-refractivity contribution in [2.45, 2.75) is 44.5 Å². The molecule has 0 aliphatic carbocycles. The van der Waals surface area contributed by atoms with E-state index in [9.17, 15) is 9.59 Å². The summed E-state index contributed by atoms with van der Waals surface area (Å²) in [6.07, 6.45) is 0.625. The molecule has 0 aromatic carbocycles. The topological polar surface area (TPSA) is 72.0 Å². The summed E-state index contributed by atoms with van der Waals surface area (Å²) in [7, 11) is 0. The summed E-state index contributed by atoms with van der Waals surface area (Å²) in [5.41, 5.74) is 1.12. The zero-order valence-corrected chi connectivity index (χ0v) is 11.9. The van der Waals surface area contributed by atoms with Crippen LogP contribution in [0.1, 0.15) is 31.5 Å². The average Bonchev–Trinajstić information content (AvgIpc) is 2.33. The number of esters is 1. The molecule has 18 heavy (non-hydrogen) atoms. The lowest BCUT2D eigenvalue weighted by Crippen LogP contribution is -2.21. The van der Waals surface area contributed by atoms with E-state index in [2.05, 4.69) is 9.97 Å². The maximum Gasteiger partial charge on any atom is 0.319 e. The third kappa shape index (κ3) is 3.60. The Labute approximate surface area is 110 Å². The van der Waals surface area contributed by atoms with E-state index in [0.717, 1.165) is 0 Å². The Morgan fingerprint density at radius 3 is 2.61 bits per heavy atom. The molecule has 0 aliphatic rings. The summed E-state index contributed by atoms with van der Waals surface area (Å²) in [6, 6.07) is 0. The molecule has 0 bridgehead atoms. The number of nitrogens with one attached hydrogen (secondary N) is 1. The molecule has 1 unspecified atom stereocenters. The van der Waals surface area contributed by atoms with Crippen molar-refractivity contribution >= 4 is 17.7 Å². The van der Waals surface area contributed by atoms with Gasteiger partial charge >= 0.3 is 5.97 Å². The summed E-state index contributed by atoms with van der Waals surface area (Å²) in [6.45, 7) is 7.52. The number of carbonyl (C=O) groups is 1. The molecule has 5 nitrogen and oxygen atoms in total. The van der Waals surface area contributed by atoms with Gasteiger partial charge in [0.05, 0.1) is 6.61 Å². The summed E-state index contributed by atoms with van der Waals surface area (Å²) in [5, 5.41) is 0.123. The van der Waals surface area contributed by atoms with Crippen LogP contribution in [0.4, 0.5) is 0 Å². The van der Waals surface area contributed by atoms with Crippen LogP contribution in [0.25, 0.3) is 0 Å². The zero-order chi connectivity index (χ0) is 13.7. The number of aromatic amines is 1. The van der Waals surface area contributed by atoms with Gasteiger partial charge in [-0.25, -0.2) is 4.98 Å². The molecule has 100 valence electrons. The second-order valence-electron chi connectivity index (χ2n) is 3.85. The van der Waals surface area contributed by atoms with E-state index in [-0.39, 0.29) is 16.8 Å². The van der Waals surface area contributed by atoms with Gasteiger partial charge in [-0.1, -0.05) is 18.7 Å². The van der Waals surface area contributed by atoms with Gasteiger partial charge in [0.15, 0.2) is 5.16 Å². The van der Waals surface area contributed by atoms with Crippen molar-refractivity contribution in [2.75, 3.05) is 6.61 Å². The van der Waals surface area contributed by atoms with Gasteiger partial charge in [-0.3, -0.25) is 9.59 Å². The Morgan fingerprint density at radius 1 is 1.44 bits per heavy atom. The van der Waals surface area contributed by atoms with Crippen LogP contribution in [0.2, 0.25) is 0 Å². The molecule has 0 saturated carbocycles. The highest BCUT2D eigenvalue weighted by Gasteiger charge is 2.20. The smallest absolute Gasteiger partial charge is 0.319 e. The van der Waals surface area contributed by atoms with Gasteiger partial charge < -0.3 is 9.72 Å². The summed E-state index contributed by atoms with van der Waals surface area (Å²) < 4.78 is 4.97. The molecule has 1 N–H and O–H groups in total. The maximum atomic E-state index is 11.7. The fourth-order valence-corrected chi connectivity index (χ4v) is 2.28. The second-order valence-corrected chi connectivity index (χ2v) is 5.04. The number of ether oxygens (including phenoxy) is 1. The number of nitrogens with zero attached hydrogens (tertiary/aromatic N) is 1. The number of aryl methyl sites for hydroxylation is 1. The van der Waals surface area contributed by atoms with Gasteiger partial charge in [-0.15, -0.1) is 0 Å². The molecular formula is C12H18N2O3S. The standard InChI is InChI=1S/C12H18N2O3S/c1-5-9(11(16)17-6-2)18-12-13-8(4)7(3)10(15)14-12/h9H,5-6H2,1-4H3,(H,13,14,15). The van der Waals surface area contributed by atoms with Crippen molar-refractivity contribution in [2.24, 2.45) is 0 Å². The van der Waals surface area contributed by atoms with E-state index in [0.29, 0.717) is 29.4 Å². The first-order valence-corrected chi connectivity index (χ1v) is 6.78. The summed E-state index contributed by atoms with van der Waals surface area (Å²) in [5.74, 6) is -0.272. The minimum absolute atomic E-state index is 0.163. The second kappa shape index (κ2) is 6.58. The molecular weight excluding hydrogens is 252 g/mol.